The Kier molecular flexibility index (Phi) is 5.15. The molecule has 2 aromatic rings. The summed E-state index contributed by atoms with van der Waals surface area (Å²) in [6.07, 6.45) is 0. The molecule has 2 rings (SSSR count). The molecule has 0 radical (unpaired) electrons. The van der Waals surface area contributed by atoms with Gasteiger partial charge in [-0.1, -0.05) is 48.5 Å². The second kappa shape index (κ2) is 7.31. The number of nitrogens with two attached hydrogens (primary N) is 1. The van der Waals surface area contributed by atoms with Crippen molar-refractivity contribution in [3.63, 3.8) is 0 Å². The first-order valence-electron chi connectivity index (χ1n) is 6.53. The average molecular weight is 270 g/mol. The lowest BCUT2D eigenvalue weighted by molar-refractivity contribution is -0.120. The number of hydrogen-bond acceptors (Lipinski definition) is 3. The lowest BCUT2D eigenvalue weighted by Crippen LogP contribution is -2.35. The number of para-hydroxylation sites is 1. The molecule has 0 aliphatic rings. The normalized spacial score (nSPS) is 11.8. The number of amides is 1. The van der Waals surface area contributed by atoms with Crippen LogP contribution in [0.5, 0.6) is 5.75 Å². The summed E-state index contributed by atoms with van der Waals surface area (Å²) < 4.78 is 5.56. The number of carbonyl (C=O) groups excluding carboxylic acids is 1. The van der Waals surface area contributed by atoms with E-state index in [1.807, 2.05) is 60.7 Å². The van der Waals surface area contributed by atoms with Gasteiger partial charge in [-0.3, -0.25) is 10.1 Å². The van der Waals surface area contributed by atoms with E-state index in [-0.39, 0.29) is 0 Å². The lowest BCUT2D eigenvalue weighted by atomic mass is 10.1. The molecule has 4 nitrogen and oxygen atoms in total. The Bertz CT molecular complexity index is 529. The van der Waals surface area contributed by atoms with E-state index in [0.717, 1.165) is 11.3 Å². The van der Waals surface area contributed by atoms with Crippen molar-refractivity contribution in [2.45, 2.75) is 6.04 Å². The zero-order valence-electron chi connectivity index (χ0n) is 11.2. The Hall–Kier alpha value is -2.33. The van der Waals surface area contributed by atoms with Gasteiger partial charge in [0.25, 0.3) is 0 Å². The molecule has 1 atom stereocenters. The summed E-state index contributed by atoms with van der Waals surface area (Å²) in [4.78, 5) is 11.5. The highest BCUT2D eigenvalue weighted by atomic mass is 16.5. The molecule has 104 valence electrons. The smallest absolute Gasteiger partial charge is 0.239 e. The Morgan fingerprint density at radius 1 is 1.05 bits per heavy atom. The van der Waals surface area contributed by atoms with Crippen LogP contribution >= 0.6 is 0 Å². The molecule has 0 aliphatic carbocycles. The van der Waals surface area contributed by atoms with Gasteiger partial charge < -0.3 is 10.5 Å². The van der Waals surface area contributed by atoms with Crippen molar-refractivity contribution in [3.05, 3.63) is 66.2 Å². The molecule has 20 heavy (non-hydrogen) atoms. The van der Waals surface area contributed by atoms with Crippen molar-refractivity contribution in [1.82, 2.24) is 5.32 Å². The summed E-state index contributed by atoms with van der Waals surface area (Å²) in [6.45, 7) is 1.01. The quantitative estimate of drug-likeness (QED) is 0.755. The molecule has 0 heterocycles. The summed E-state index contributed by atoms with van der Waals surface area (Å²) in [5.74, 6) is 0.417. The second-order valence-electron chi connectivity index (χ2n) is 4.36. The first-order valence-corrected chi connectivity index (χ1v) is 6.53. The van der Waals surface area contributed by atoms with Crippen LogP contribution < -0.4 is 15.8 Å². The van der Waals surface area contributed by atoms with Crippen LogP contribution in [0.2, 0.25) is 0 Å². The van der Waals surface area contributed by atoms with Gasteiger partial charge in [-0.25, -0.2) is 0 Å². The first kappa shape index (κ1) is 14.1. The lowest BCUT2D eigenvalue weighted by Gasteiger charge is -2.16. The number of rotatable bonds is 7. The molecule has 0 spiro atoms. The standard InChI is InChI=1S/C16H18N2O2/c17-16(19)15(13-7-3-1-4-8-13)18-11-12-20-14-9-5-2-6-10-14/h1-10,15,18H,11-12H2,(H2,17,19)/t15-/m0/s1. The van der Waals surface area contributed by atoms with Gasteiger partial charge in [0.05, 0.1) is 0 Å². The van der Waals surface area contributed by atoms with E-state index in [1.54, 1.807) is 0 Å². The third kappa shape index (κ3) is 4.10. The highest BCUT2D eigenvalue weighted by molar-refractivity contribution is 5.81. The highest BCUT2D eigenvalue weighted by Gasteiger charge is 2.16. The molecule has 0 saturated heterocycles. The van der Waals surface area contributed by atoms with Crippen LogP contribution in [0.4, 0.5) is 0 Å². The zero-order valence-corrected chi connectivity index (χ0v) is 11.2. The highest BCUT2D eigenvalue weighted by Crippen LogP contribution is 2.12. The van der Waals surface area contributed by atoms with E-state index in [4.69, 9.17) is 10.5 Å². The fourth-order valence-corrected chi connectivity index (χ4v) is 1.92. The van der Waals surface area contributed by atoms with Gasteiger partial charge in [0, 0.05) is 6.54 Å². The third-order valence-electron chi connectivity index (χ3n) is 2.88. The molecule has 4 heteroatoms. The van der Waals surface area contributed by atoms with E-state index in [0.29, 0.717) is 13.2 Å². The molecule has 3 N–H and O–H groups in total. The van der Waals surface area contributed by atoms with E-state index in [1.165, 1.54) is 0 Å². The van der Waals surface area contributed by atoms with Crippen LogP contribution in [0.15, 0.2) is 60.7 Å². The molecular formula is C16H18N2O2. The van der Waals surface area contributed by atoms with Gasteiger partial charge >= 0.3 is 0 Å². The average Bonchev–Trinajstić information content (AvgIpc) is 2.49. The van der Waals surface area contributed by atoms with Crippen molar-refractivity contribution in [3.8, 4) is 5.75 Å². The Labute approximate surface area is 118 Å². The van der Waals surface area contributed by atoms with Gasteiger partial charge in [0.2, 0.25) is 5.91 Å². The fraction of sp³-hybridized carbons (Fsp3) is 0.188. The van der Waals surface area contributed by atoms with Gasteiger partial charge in [0.15, 0.2) is 0 Å². The minimum atomic E-state index is -0.490. The molecule has 0 unspecified atom stereocenters. The molecule has 0 aromatic heterocycles. The number of ether oxygens (including phenoxy) is 1. The summed E-state index contributed by atoms with van der Waals surface area (Å²) in [5.41, 5.74) is 6.28. The molecule has 0 saturated carbocycles. The number of hydrogen-bond donors (Lipinski definition) is 2. The molecular weight excluding hydrogens is 252 g/mol. The summed E-state index contributed by atoms with van der Waals surface area (Å²) in [6, 6.07) is 18.5. The maximum absolute atomic E-state index is 11.5. The van der Waals surface area contributed by atoms with E-state index < -0.39 is 11.9 Å². The minimum absolute atomic E-state index is 0.393. The topological polar surface area (TPSA) is 64.4 Å². The van der Waals surface area contributed by atoms with Crippen molar-refractivity contribution >= 4 is 5.91 Å². The molecule has 0 fully saturated rings. The van der Waals surface area contributed by atoms with Crippen molar-refractivity contribution in [2.75, 3.05) is 13.2 Å². The zero-order chi connectivity index (χ0) is 14.2. The fourth-order valence-electron chi connectivity index (χ4n) is 1.92. The predicted octanol–water partition coefficient (Wildman–Crippen LogP) is 1.88. The van der Waals surface area contributed by atoms with E-state index in [9.17, 15) is 4.79 Å². The number of nitrogens with one attached hydrogen (secondary N) is 1. The molecule has 0 bridgehead atoms. The van der Waals surface area contributed by atoms with E-state index in [2.05, 4.69) is 5.32 Å². The van der Waals surface area contributed by atoms with Gasteiger partial charge in [0.1, 0.15) is 18.4 Å². The van der Waals surface area contributed by atoms with E-state index >= 15 is 0 Å². The van der Waals surface area contributed by atoms with Gasteiger partial charge in [-0.15, -0.1) is 0 Å². The Balaban J connectivity index is 1.83. The molecule has 0 aliphatic heterocycles. The Morgan fingerprint density at radius 3 is 2.25 bits per heavy atom. The van der Waals surface area contributed by atoms with Crippen LogP contribution in [0.25, 0.3) is 0 Å². The van der Waals surface area contributed by atoms with Gasteiger partial charge in [-0.2, -0.15) is 0 Å². The summed E-state index contributed by atoms with van der Waals surface area (Å²) >= 11 is 0. The SMILES string of the molecule is NC(=O)[C@@H](NCCOc1ccccc1)c1ccccc1. The maximum Gasteiger partial charge on any atom is 0.239 e. The predicted molar refractivity (Wildman–Crippen MR) is 78.3 cm³/mol. The number of primary amides is 1. The van der Waals surface area contributed by atoms with Crippen LogP contribution in [0, 0.1) is 0 Å². The molecule has 1 amide bonds. The summed E-state index contributed by atoms with van der Waals surface area (Å²) in [5, 5.41) is 3.11. The third-order valence-corrected chi connectivity index (χ3v) is 2.88. The second-order valence-corrected chi connectivity index (χ2v) is 4.36. The van der Waals surface area contributed by atoms with Crippen molar-refractivity contribution in [2.24, 2.45) is 5.73 Å². The van der Waals surface area contributed by atoms with Crippen LogP contribution in [-0.2, 0) is 4.79 Å². The van der Waals surface area contributed by atoms with Crippen molar-refractivity contribution < 1.29 is 9.53 Å². The van der Waals surface area contributed by atoms with Gasteiger partial charge in [-0.05, 0) is 17.7 Å². The largest absolute Gasteiger partial charge is 0.492 e. The first-order chi connectivity index (χ1) is 9.77. The van der Waals surface area contributed by atoms with Crippen molar-refractivity contribution in [1.29, 1.82) is 0 Å². The van der Waals surface area contributed by atoms with Crippen LogP contribution in [-0.4, -0.2) is 19.1 Å². The van der Waals surface area contributed by atoms with Crippen LogP contribution in [0.1, 0.15) is 11.6 Å². The maximum atomic E-state index is 11.5. The van der Waals surface area contributed by atoms with Crippen LogP contribution in [0.3, 0.4) is 0 Å². The number of carbonyl (C=O) groups is 1. The summed E-state index contributed by atoms with van der Waals surface area (Å²) in [7, 11) is 0. The minimum Gasteiger partial charge on any atom is -0.492 e. The molecule has 2 aromatic carbocycles. The Morgan fingerprint density at radius 2 is 1.65 bits per heavy atom. The number of benzene rings is 2. The monoisotopic (exact) mass is 270 g/mol.